The fraction of sp³-hybridized carbons (Fsp3) is 0.0769. The summed E-state index contributed by atoms with van der Waals surface area (Å²) < 4.78 is 26.5. The first-order valence-electron chi connectivity index (χ1n) is 10.2. The molecule has 3 aromatic rings. The molecule has 3 aromatic carbocycles. The Morgan fingerprint density at radius 2 is 1.58 bits per heavy atom. The molecule has 0 saturated carbocycles. The van der Waals surface area contributed by atoms with E-state index in [1.807, 2.05) is 71.8 Å². The van der Waals surface area contributed by atoms with Crippen molar-refractivity contribution in [3.8, 4) is 6.07 Å². The Kier molecular flexibility index (Phi) is 6.11. The molecule has 1 heterocycles. The number of carbonyl (C=O) groups excluding carboxylic acids is 1. The summed E-state index contributed by atoms with van der Waals surface area (Å²) in [6.07, 6.45) is 5.62. The molecule has 6 nitrogen and oxygen atoms in total. The minimum Gasteiger partial charge on any atom is -0.333 e. The number of nitrogens with zero attached hydrogens (tertiary/aromatic N) is 2. The quantitative estimate of drug-likeness (QED) is 0.555. The molecule has 1 aliphatic rings. The third-order valence-electron chi connectivity index (χ3n) is 5.28. The predicted octanol–water partition coefficient (Wildman–Crippen LogP) is 4.44. The molecule has 1 N–H and O–H groups in total. The summed E-state index contributed by atoms with van der Waals surface area (Å²) in [5, 5.41) is 9.68. The first-order valence-corrected chi connectivity index (χ1v) is 12.1. The van der Waals surface area contributed by atoms with Crippen LogP contribution in [0.1, 0.15) is 16.7 Å². The summed E-state index contributed by atoms with van der Waals surface area (Å²) in [5.41, 5.74) is 4.32. The molecular weight excluding hydrogens is 434 g/mol. The van der Waals surface area contributed by atoms with E-state index in [1.54, 1.807) is 24.3 Å². The summed E-state index contributed by atoms with van der Waals surface area (Å²) in [6.45, 7) is 0. The average molecular weight is 456 g/mol. The van der Waals surface area contributed by atoms with Crippen molar-refractivity contribution in [3.63, 3.8) is 0 Å². The van der Waals surface area contributed by atoms with Gasteiger partial charge in [-0.1, -0.05) is 54.6 Å². The van der Waals surface area contributed by atoms with E-state index in [0.717, 1.165) is 18.2 Å². The van der Waals surface area contributed by atoms with Gasteiger partial charge in [0.2, 0.25) is 10.0 Å². The van der Waals surface area contributed by atoms with Gasteiger partial charge in [-0.25, -0.2) is 8.42 Å². The molecule has 0 radical (unpaired) electrons. The number of sulfonamides is 1. The smallest absolute Gasteiger partial charge is 0.229 e. The highest BCUT2D eigenvalue weighted by Crippen LogP contribution is 2.38. The molecule has 0 aliphatic carbocycles. The molecule has 1 unspecified atom stereocenters. The van der Waals surface area contributed by atoms with Gasteiger partial charge >= 0.3 is 0 Å². The lowest BCUT2D eigenvalue weighted by Crippen LogP contribution is -2.35. The second-order valence-corrected chi connectivity index (χ2v) is 9.33. The first-order chi connectivity index (χ1) is 15.9. The van der Waals surface area contributed by atoms with Crippen LogP contribution in [0.4, 0.5) is 11.4 Å². The van der Waals surface area contributed by atoms with Crippen LogP contribution in [0.5, 0.6) is 0 Å². The Morgan fingerprint density at radius 3 is 2.24 bits per heavy atom. The highest BCUT2D eigenvalue weighted by Gasteiger charge is 2.29. The Balaban J connectivity index is 1.96. The number of aldehydes is 1. The molecule has 1 atom stereocenters. The number of nitriles is 1. The van der Waals surface area contributed by atoms with E-state index >= 15 is 0 Å². The van der Waals surface area contributed by atoms with Gasteiger partial charge in [-0.15, -0.1) is 0 Å². The van der Waals surface area contributed by atoms with Crippen LogP contribution in [0.2, 0.25) is 0 Å². The minimum absolute atomic E-state index is 0.424. The van der Waals surface area contributed by atoms with Crippen LogP contribution in [-0.2, 0) is 14.8 Å². The number of hydrogen-bond donors (Lipinski definition) is 1. The molecule has 0 saturated heterocycles. The van der Waals surface area contributed by atoms with Gasteiger partial charge < -0.3 is 9.69 Å². The van der Waals surface area contributed by atoms with Crippen molar-refractivity contribution in [1.29, 1.82) is 5.26 Å². The fourth-order valence-corrected chi connectivity index (χ4v) is 4.46. The summed E-state index contributed by atoms with van der Waals surface area (Å²) in [5.74, 6) is 0. The molecule has 0 aromatic heterocycles. The lowest BCUT2D eigenvalue weighted by molar-refractivity contribution is -0.107. The predicted molar refractivity (Wildman–Crippen MR) is 131 cm³/mol. The average Bonchev–Trinajstić information content (AvgIpc) is 2.83. The van der Waals surface area contributed by atoms with E-state index in [1.165, 1.54) is 0 Å². The van der Waals surface area contributed by atoms with Crippen LogP contribution < -0.4 is 9.62 Å². The van der Waals surface area contributed by atoms with E-state index in [2.05, 4.69) is 10.8 Å². The van der Waals surface area contributed by atoms with Crippen LogP contribution in [0.3, 0.4) is 0 Å². The summed E-state index contributed by atoms with van der Waals surface area (Å²) in [7, 11) is -3.51. The van der Waals surface area contributed by atoms with Crippen LogP contribution in [0.15, 0.2) is 91.1 Å². The van der Waals surface area contributed by atoms with Crippen molar-refractivity contribution >= 4 is 38.8 Å². The molecular formula is C26H21N3O3S. The van der Waals surface area contributed by atoms with Crippen molar-refractivity contribution in [2.75, 3.05) is 15.9 Å². The van der Waals surface area contributed by atoms with Gasteiger partial charge in [0.1, 0.15) is 12.3 Å². The number of anilines is 2. The maximum atomic E-state index is 12.3. The Labute approximate surface area is 193 Å². The Morgan fingerprint density at radius 1 is 0.939 bits per heavy atom. The zero-order chi connectivity index (χ0) is 23.4. The van der Waals surface area contributed by atoms with E-state index in [9.17, 15) is 18.5 Å². The minimum atomic E-state index is -3.51. The van der Waals surface area contributed by atoms with E-state index in [4.69, 9.17) is 0 Å². The number of carbonyl (C=O) groups is 1. The molecule has 7 heteroatoms. The topological polar surface area (TPSA) is 90.3 Å². The lowest BCUT2D eigenvalue weighted by atomic mass is 9.88. The molecule has 4 rings (SSSR count). The van der Waals surface area contributed by atoms with E-state index < -0.39 is 16.1 Å². The maximum Gasteiger partial charge on any atom is 0.229 e. The largest absolute Gasteiger partial charge is 0.333 e. The van der Waals surface area contributed by atoms with Crippen LogP contribution >= 0.6 is 0 Å². The normalized spacial score (nSPS) is 15.8. The number of hydrogen-bond acceptors (Lipinski definition) is 5. The lowest BCUT2D eigenvalue weighted by Gasteiger charge is -2.34. The van der Waals surface area contributed by atoms with Gasteiger partial charge in [-0.05, 0) is 41.5 Å². The number of allylic oxidation sites excluding steroid dienone is 2. The van der Waals surface area contributed by atoms with Crippen LogP contribution in [0, 0.1) is 11.3 Å². The summed E-state index contributed by atoms with van der Waals surface area (Å²) in [4.78, 5) is 14.2. The van der Waals surface area contributed by atoms with Crippen molar-refractivity contribution in [3.05, 3.63) is 108 Å². The van der Waals surface area contributed by atoms with Gasteiger partial charge in [0.15, 0.2) is 0 Å². The number of rotatable bonds is 6. The molecule has 33 heavy (non-hydrogen) atoms. The third kappa shape index (κ3) is 4.71. The zero-order valence-corrected chi connectivity index (χ0v) is 18.7. The molecule has 0 amide bonds. The molecule has 0 spiro atoms. The second kappa shape index (κ2) is 9.15. The summed E-state index contributed by atoms with van der Waals surface area (Å²) >= 11 is 0. The van der Waals surface area contributed by atoms with Gasteiger partial charge in [0.25, 0.3) is 0 Å². The second-order valence-electron chi connectivity index (χ2n) is 7.59. The molecule has 164 valence electrons. The van der Waals surface area contributed by atoms with E-state index in [-0.39, 0.29) is 0 Å². The number of benzene rings is 3. The van der Waals surface area contributed by atoms with Crippen molar-refractivity contribution in [2.24, 2.45) is 0 Å². The number of nitrogens with one attached hydrogen (secondary N) is 1. The number of para-hydroxylation sites is 2. The van der Waals surface area contributed by atoms with Crippen LogP contribution in [-0.4, -0.2) is 27.0 Å². The first kappa shape index (κ1) is 22.1. The maximum absolute atomic E-state index is 12.3. The SMILES string of the molecule is CS(=O)(=O)Nc1ccccc1C1=CN(c2ccccc2)C(C=O)C(c2ccccc2C#N)=C1. The van der Waals surface area contributed by atoms with Gasteiger partial charge in [0.05, 0.1) is 23.6 Å². The highest BCUT2D eigenvalue weighted by atomic mass is 32.2. The Hall–Kier alpha value is -4.15. The van der Waals surface area contributed by atoms with Crippen molar-refractivity contribution < 1.29 is 13.2 Å². The molecule has 1 aliphatic heterocycles. The Bertz CT molecular complexity index is 1400. The van der Waals surface area contributed by atoms with Crippen molar-refractivity contribution in [1.82, 2.24) is 0 Å². The van der Waals surface area contributed by atoms with Gasteiger partial charge in [-0.3, -0.25) is 4.72 Å². The zero-order valence-electron chi connectivity index (χ0n) is 17.8. The van der Waals surface area contributed by atoms with Gasteiger partial charge in [0, 0.05) is 23.0 Å². The van der Waals surface area contributed by atoms with Crippen molar-refractivity contribution in [2.45, 2.75) is 6.04 Å². The third-order valence-corrected chi connectivity index (χ3v) is 5.87. The van der Waals surface area contributed by atoms with Crippen LogP contribution in [0.25, 0.3) is 11.1 Å². The van der Waals surface area contributed by atoms with E-state index in [0.29, 0.717) is 33.5 Å². The highest BCUT2D eigenvalue weighted by molar-refractivity contribution is 7.92. The monoisotopic (exact) mass is 455 g/mol. The standard InChI is InChI=1S/C26H21N3O3S/c1-33(31,32)28-25-14-8-7-13-23(25)20-15-24(22-12-6-5-9-19(22)16-27)26(18-30)29(17-20)21-10-3-2-4-11-21/h2-15,17-18,26,28H,1H3. The summed E-state index contributed by atoms with van der Waals surface area (Å²) in [6, 6.07) is 25.2. The fourth-order valence-electron chi connectivity index (χ4n) is 3.88. The molecule has 0 fully saturated rings. The molecule has 0 bridgehead atoms. The van der Waals surface area contributed by atoms with Gasteiger partial charge in [-0.2, -0.15) is 5.26 Å².